The van der Waals surface area contributed by atoms with Crippen LogP contribution in [0.3, 0.4) is 0 Å². The van der Waals surface area contributed by atoms with E-state index in [0.29, 0.717) is 17.9 Å². The van der Waals surface area contributed by atoms with E-state index in [1.54, 1.807) is 0 Å². The first-order chi connectivity index (χ1) is 9.61. The van der Waals surface area contributed by atoms with Crippen molar-refractivity contribution in [3.63, 3.8) is 0 Å². The summed E-state index contributed by atoms with van der Waals surface area (Å²) < 4.78 is 0. The molecule has 2 saturated heterocycles. The van der Waals surface area contributed by atoms with Crippen molar-refractivity contribution in [3.05, 3.63) is 0 Å². The van der Waals surface area contributed by atoms with Gasteiger partial charge in [0.2, 0.25) is 5.91 Å². The smallest absolute Gasteiger partial charge is 0.239 e. The van der Waals surface area contributed by atoms with Gasteiger partial charge in [-0.15, -0.1) is 0 Å². The van der Waals surface area contributed by atoms with Crippen LogP contribution in [0.25, 0.3) is 0 Å². The zero-order chi connectivity index (χ0) is 14.5. The van der Waals surface area contributed by atoms with Crippen molar-refractivity contribution in [2.24, 2.45) is 5.92 Å². The second kappa shape index (κ2) is 7.41. The van der Waals surface area contributed by atoms with E-state index in [0.717, 1.165) is 13.1 Å². The van der Waals surface area contributed by atoms with Crippen LogP contribution in [0.5, 0.6) is 0 Å². The number of piperidine rings is 1. The SMILES string of the molecule is CCN1CCC(C(C)NC(C)C(=O)N2CCCC2)CC1. The van der Waals surface area contributed by atoms with E-state index in [1.807, 2.05) is 11.8 Å². The maximum atomic E-state index is 12.3. The van der Waals surface area contributed by atoms with Crippen molar-refractivity contribution in [3.8, 4) is 0 Å². The summed E-state index contributed by atoms with van der Waals surface area (Å²) in [6.07, 6.45) is 4.85. The molecule has 2 fully saturated rings. The largest absolute Gasteiger partial charge is 0.341 e. The first kappa shape index (κ1) is 15.8. The van der Waals surface area contributed by atoms with Crippen molar-refractivity contribution in [2.45, 2.75) is 58.5 Å². The van der Waals surface area contributed by atoms with Gasteiger partial charge in [0.05, 0.1) is 6.04 Å². The first-order valence-electron chi connectivity index (χ1n) is 8.39. The summed E-state index contributed by atoms with van der Waals surface area (Å²) in [6, 6.07) is 0.405. The molecule has 2 atom stereocenters. The van der Waals surface area contributed by atoms with Crippen LogP contribution in [0, 0.1) is 5.92 Å². The van der Waals surface area contributed by atoms with E-state index in [9.17, 15) is 4.79 Å². The number of hydrogen-bond acceptors (Lipinski definition) is 3. The van der Waals surface area contributed by atoms with Gasteiger partial charge in [0.25, 0.3) is 0 Å². The van der Waals surface area contributed by atoms with Gasteiger partial charge in [0, 0.05) is 19.1 Å². The van der Waals surface area contributed by atoms with Gasteiger partial charge in [-0.2, -0.15) is 0 Å². The molecule has 20 heavy (non-hydrogen) atoms. The zero-order valence-electron chi connectivity index (χ0n) is 13.4. The summed E-state index contributed by atoms with van der Waals surface area (Å²) >= 11 is 0. The number of likely N-dealkylation sites (tertiary alicyclic amines) is 2. The molecule has 0 aliphatic carbocycles. The highest BCUT2D eigenvalue weighted by Crippen LogP contribution is 2.21. The van der Waals surface area contributed by atoms with E-state index < -0.39 is 0 Å². The Morgan fingerprint density at radius 1 is 1.15 bits per heavy atom. The third-order valence-corrected chi connectivity index (χ3v) is 5.09. The Labute approximate surface area is 123 Å². The van der Waals surface area contributed by atoms with Gasteiger partial charge >= 0.3 is 0 Å². The molecule has 2 heterocycles. The third-order valence-electron chi connectivity index (χ3n) is 5.09. The predicted molar refractivity (Wildman–Crippen MR) is 82.7 cm³/mol. The quantitative estimate of drug-likeness (QED) is 0.833. The van der Waals surface area contributed by atoms with E-state index in [-0.39, 0.29) is 6.04 Å². The van der Waals surface area contributed by atoms with Gasteiger partial charge < -0.3 is 15.1 Å². The molecule has 2 aliphatic rings. The van der Waals surface area contributed by atoms with Gasteiger partial charge in [-0.25, -0.2) is 0 Å². The van der Waals surface area contributed by atoms with Crippen molar-refractivity contribution in [1.29, 1.82) is 0 Å². The van der Waals surface area contributed by atoms with Gasteiger partial charge in [-0.3, -0.25) is 4.79 Å². The number of carbonyl (C=O) groups is 1. The second-order valence-corrected chi connectivity index (χ2v) is 6.48. The molecule has 0 aromatic rings. The number of amides is 1. The fourth-order valence-corrected chi connectivity index (χ4v) is 3.58. The van der Waals surface area contributed by atoms with E-state index in [1.165, 1.54) is 45.3 Å². The van der Waals surface area contributed by atoms with Crippen LogP contribution in [0.15, 0.2) is 0 Å². The van der Waals surface area contributed by atoms with Crippen molar-refractivity contribution >= 4 is 5.91 Å². The monoisotopic (exact) mass is 281 g/mol. The topological polar surface area (TPSA) is 35.6 Å². The number of nitrogens with one attached hydrogen (secondary N) is 1. The average molecular weight is 281 g/mol. The third kappa shape index (κ3) is 3.95. The summed E-state index contributed by atoms with van der Waals surface area (Å²) in [5, 5.41) is 3.55. The molecule has 0 radical (unpaired) electrons. The molecule has 4 heteroatoms. The Balaban J connectivity index is 1.75. The Kier molecular flexibility index (Phi) is 5.85. The molecule has 0 spiro atoms. The Morgan fingerprint density at radius 2 is 1.75 bits per heavy atom. The fraction of sp³-hybridized carbons (Fsp3) is 0.938. The zero-order valence-corrected chi connectivity index (χ0v) is 13.4. The van der Waals surface area contributed by atoms with E-state index in [4.69, 9.17) is 0 Å². The molecule has 0 aromatic heterocycles. The average Bonchev–Trinajstić information content (AvgIpc) is 3.00. The van der Waals surface area contributed by atoms with Gasteiger partial charge in [-0.05, 0) is 65.1 Å². The molecule has 0 saturated carbocycles. The van der Waals surface area contributed by atoms with Crippen LogP contribution in [-0.2, 0) is 4.79 Å². The molecule has 1 N–H and O–H groups in total. The molecule has 2 rings (SSSR count). The number of rotatable bonds is 5. The lowest BCUT2D eigenvalue weighted by Crippen LogP contribution is -2.50. The van der Waals surface area contributed by atoms with Gasteiger partial charge in [-0.1, -0.05) is 6.92 Å². The normalized spacial score (nSPS) is 24.9. The molecular formula is C16H31N3O. The lowest BCUT2D eigenvalue weighted by atomic mass is 9.90. The standard InChI is InChI=1S/C16H31N3O/c1-4-18-11-7-15(8-12-18)13(2)17-14(3)16(20)19-9-5-6-10-19/h13-15,17H,4-12H2,1-3H3. The van der Waals surface area contributed by atoms with Crippen LogP contribution in [0.1, 0.15) is 46.5 Å². The Bertz CT molecular complexity index is 307. The molecule has 1 amide bonds. The van der Waals surface area contributed by atoms with Crippen molar-refractivity contribution < 1.29 is 4.79 Å². The summed E-state index contributed by atoms with van der Waals surface area (Å²) in [5.74, 6) is 1.01. The molecule has 0 bridgehead atoms. The van der Waals surface area contributed by atoms with E-state index >= 15 is 0 Å². The summed E-state index contributed by atoms with van der Waals surface area (Å²) in [4.78, 5) is 16.9. The molecule has 116 valence electrons. The summed E-state index contributed by atoms with van der Waals surface area (Å²) in [6.45, 7) is 12.0. The maximum Gasteiger partial charge on any atom is 0.239 e. The predicted octanol–water partition coefficient (Wildman–Crippen LogP) is 1.71. The number of nitrogens with zero attached hydrogens (tertiary/aromatic N) is 2. The van der Waals surface area contributed by atoms with Crippen molar-refractivity contribution in [1.82, 2.24) is 15.1 Å². The number of carbonyl (C=O) groups excluding carboxylic acids is 1. The minimum atomic E-state index is -0.0349. The number of hydrogen-bond donors (Lipinski definition) is 1. The molecule has 4 nitrogen and oxygen atoms in total. The highest BCUT2D eigenvalue weighted by atomic mass is 16.2. The Morgan fingerprint density at radius 3 is 2.30 bits per heavy atom. The fourth-order valence-electron chi connectivity index (χ4n) is 3.58. The molecule has 2 unspecified atom stereocenters. The van der Waals surface area contributed by atoms with Crippen molar-refractivity contribution in [2.75, 3.05) is 32.7 Å². The minimum Gasteiger partial charge on any atom is -0.341 e. The van der Waals surface area contributed by atoms with Crippen LogP contribution in [0.2, 0.25) is 0 Å². The first-order valence-corrected chi connectivity index (χ1v) is 8.39. The van der Waals surface area contributed by atoms with Crippen LogP contribution < -0.4 is 5.32 Å². The van der Waals surface area contributed by atoms with Gasteiger partial charge in [0.15, 0.2) is 0 Å². The van der Waals surface area contributed by atoms with E-state index in [2.05, 4.69) is 24.1 Å². The maximum absolute atomic E-state index is 12.3. The van der Waals surface area contributed by atoms with Crippen LogP contribution in [-0.4, -0.2) is 60.5 Å². The summed E-state index contributed by atoms with van der Waals surface area (Å²) in [7, 11) is 0. The van der Waals surface area contributed by atoms with Crippen LogP contribution >= 0.6 is 0 Å². The molecule has 0 aromatic carbocycles. The lowest BCUT2D eigenvalue weighted by Gasteiger charge is -2.36. The molecular weight excluding hydrogens is 250 g/mol. The van der Waals surface area contributed by atoms with Gasteiger partial charge in [0.1, 0.15) is 0 Å². The lowest BCUT2D eigenvalue weighted by molar-refractivity contribution is -0.132. The molecule has 2 aliphatic heterocycles. The van der Waals surface area contributed by atoms with Crippen LogP contribution in [0.4, 0.5) is 0 Å². The highest BCUT2D eigenvalue weighted by molar-refractivity contribution is 5.81. The minimum absolute atomic E-state index is 0.0349. The summed E-state index contributed by atoms with van der Waals surface area (Å²) in [5.41, 5.74) is 0. The second-order valence-electron chi connectivity index (χ2n) is 6.48. The highest BCUT2D eigenvalue weighted by Gasteiger charge is 2.28. The Hall–Kier alpha value is -0.610.